The maximum absolute atomic E-state index is 12.4. The third-order valence-electron chi connectivity index (χ3n) is 4.81. The Balaban J connectivity index is 1.55. The second kappa shape index (κ2) is 9.82. The molecular formula is C22H25NO7S. The van der Waals surface area contributed by atoms with E-state index in [0.29, 0.717) is 42.3 Å². The van der Waals surface area contributed by atoms with Crippen LogP contribution in [0.25, 0.3) is 0 Å². The lowest BCUT2D eigenvalue weighted by Crippen LogP contribution is -2.30. The van der Waals surface area contributed by atoms with E-state index in [1.807, 2.05) is 6.92 Å². The zero-order valence-corrected chi connectivity index (χ0v) is 18.3. The summed E-state index contributed by atoms with van der Waals surface area (Å²) < 4.78 is 41.6. The number of hydrogen-bond donors (Lipinski definition) is 0. The van der Waals surface area contributed by atoms with Gasteiger partial charge in [-0.2, -0.15) is 0 Å². The number of fused-ring (bicyclic) bond motifs is 1. The molecule has 1 heterocycles. The summed E-state index contributed by atoms with van der Waals surface area (Å²) in [5.74, 6) is -0.104. The van der Waals surface area contributed by atoms with E-state index in [2.05, 4.69) is 0 Å². The molecule has 8 nitrogen and oxygen atoms in total. The van der Waals surface area contributed by atoms with E-state index in [9.17, 15) is 18.0 Å². The van der Waals surface area contributed by atoms with Crippen LogP contribution in [-0.2, 0) is 26.0 Å². The Labute approximate surface area is 181 Å². The SMILES string of the molecule is CCOc1ccccc1OCC(=O)OCC(=O)c1ccc2c(c1)CCN2S(=O)(=O)CC. The fraction of sp³-hybridized carbons (Fsp3) is 0.364. The first-order chi connectivity index (χ1) is 14.9. The van der Waals surface area contributed by atoms with Crippen LogP contribution in [0.15, 0.2) is 42.5 Å². The molecule has 2 aromatic rings. The quantitative estimate of drug-likeness (QED) is 0.408. The van der Waals surface area contributed by atoms with Crippen LogP contribution >= 0.6 is 0 Å². The predicted molar refractivity (Wildman–Crippen MR) is 115 cm³/mol. The summed E-state index contributed by atoms with van der Waals surface area (Å²) in [6, 6.07) is 11.8. The van der Waals surface area contributed by atoms with E-state index in [1.165, 1.54) is 4.31 Å². The minimum Gasteiger partial charge on any atom is -0.490 e. The second-order valence-corrected chi connectivity index (χ2v) is 9.00. The van der Waals surface area contributed by atoms with Gasteiger partial charge in [0.05, 0.1) is 18.0 Å². The maximum Gasteiger partial charge on any atom is 0.344 e. The number of ketones is 1. The van der Waals surface area contributed by atoms with Crippen LogP contribution in [0, 0.1) is 0 Å². The lowest BCUT2D eigenvalue weighted by atomic mass is 10.1. The number of nitrogens with zero attached hydrogens (tertiary/aromatic N) is 1. The molecule has 0 amide bonds. The zero-order valence-electron chi connectivity index (χ0n) is 17.5. The summed E-state index contributed by atoms with van der Waals surface area (Å²) in [6.07, 6.45) is 0.530. The number of anilines is 1. The summed E-state index contributed by atoms with van der Waals surface area (Å²) in [5.41, 5.74) is 1.74. The summed E-state index contributed by atoms with van der Waals surface area (Å²) in [4.78, 5) is 24.4. The van der Waals surface area contributed by atoms with Gasteiger partial charge < -0.3 is 14.2 Å². The molecule has 9 heteroatoms. The largest absolute Gasteiger partial charge is 0.490 e. The predicted octanol–water partition coefficient (Wildman–Crippen LogP) is 2.60. The smallest absolute Gasteiger partial charge is 0.344 e. The van der Waals surface area contributed by atoms with Crippen LogP contribution < -0.4 is 13.8 Å². The molecule has 0 N–H and O–H groups in total. The maximum atomic E-state index is 12.4. The van der Waals surface area contributed by atoms with E-state index >= 15 is 0 Å². The van der Waals surface area contributed by atoms with Gasteiger partial charge in [-0.15, -0.1) is 0 Å². The van der Waals surface area contributed by atoms with Crippen LogP contribution in [0.3, 0.4) is 0 Å². The van der Waals surface area contributed by atoms with E-state index in [1.54, 1.807) is 49.4 Å². The highest BCUT2D eigenvalue weighted by molar-refractivity contribution is 7.92. The number of benzene rings is 2. The van der Waals surface area contributed by atoms with Gasteiger partial charge in [-0.05, 0) is 56.2 Å². The Morgan fingerprint density at radius 2 is 1.71 bits per heavy atom. The normalized spacial score (nSPS) is 12.9. The molecule has 0 saturated heterocycles. The monoisotopic (exact) mass is 447 g/mol. The lowest BCUT2D eigenvalue weighted by molar-refractivity contribution is -0.144. The number of sulfonamides is 1. The zero-order chi connectivity index (χ0) is 22.4. The van der Waals surface area contributed by atoms with Crippen LogP contribution in [0.2, 0.25) is 0 Å². The number of esters is 1. The number of para-hydroxylation sites is 2. The van der Waals surface area contributed by atoms with Gasteiger partial charge in [0.1, 0.15) is 0 Å². The van der Waals surface area contributed by atoms with Gasteiger partial charge in [-0.25, -0.2) is 13.2 Å². The minimum atomic E-state index is -3.35. The highest BCUT2D eigenvalue weighted by atomic mass is 32.2. The first-order valence-electron chi connectivity index (χ1n) is 10.0. The fourth-order valence-corrected chi connectivity index (χ4v) is 4.40. The fourth-order valence-electron chi connectivity index (χ4n) is 3.24. The van der Waals surface area contributed by atoms with Crippen molar-refractivity contribution in [3.63, 3.8) is 0 Å². The Morgan fingerprint density at radius 1 is 1.00 bits per heavy atom. The van der Waals surface area contributed by atoms with Gasteiger partial charge >= 0.3 is 5.97 Å². The third-order valence-corrected chi connectivity index (χ3v) is 6.59. The minimum absolute atomic E-state index is 0.0141. The Hall–Kier alpha value is -3.07. The number of carbonyl (C=O) groups is 2. The summed E-state index contributed by atoms with van der Waals surface area (Å²) >= 11 is 0. The van der Waals surface area contributed by atoms with Crippen molar-refractivity contribution in [1.29, 1.82) is 0 Å². The molecule has 2 aromatic carbocycles. The number of carbonyl (C=O) groups excluding carboxylic acids is 2. The summed E-state index contributed by atoms with van der Waals surface area (Å²) in [5, 5.41) is 0. The molecule has 0 bridgehead atoms. The molecule has 0 aliphatic carbocycles. The van der Waals surface area contributed by atoms with Gasteiger partial charge in [-0.3, -0.25) is 9.10 Å². The van der Waals surface area contributed by atoms with Crippen molar-refractivity contribution in [2.45, 2.75) is 20.3 Å². The molecule has 31 heavy (non-hydrogen) atoms. The molecule has 166 valence electrons. The number of rotatable bonds is 10. The lowest BCUT2D eigenvalue weighted by Gasteiger charge is -2.18. The Bertz CT molecular complexity index is 1070. The molecule has 1 aliphatic rings. The number of Topliss-reactive ketones (excluding diaryl/α,β-unsaturated/α-hetero) is 1. The molecule has 1 aliphatic heterocycles. The second-order valence-electron chi connectivity index (χ2n) is 6.82. The molecular weight excluding hydrogens is 422 g/mol. The number of hydrogen-bond acceptors (Lipinski definition) is 7. The third kappa shape index (κ3) is 5.35. The van der Waals surface area contributed by atoms with Gasteiger partial charge in [0.25, 0.3) is 0 Å². The van der Waals surface area contributed by atoms with Gasteiger partial charge in [-0.1, -0.05) is 12.1 Å². The molecule has 0 atom stereocenters. The van der Waals surface area contributed by atoms with Crippen LogP contribution in [0.4, 0.5) is 5.69 Å². The molecule has 0 radical (unpaired) electrons. The van der Waals surface area contributed by atoms with E-state index in [4.69, 9.17) is 14.2 Å². The summed E-state index contributed by atoms with van der Waals surface area (Å²) in [7, 11) is -3.35. The molecule has 0 fully saturated rings. The van der Waals surface area contributed by atoms with Crippen molar-refractivity contribution in [2.75, 3.05) is 36.4 Å². The summed E-state index contributed by atoms with van der Waals surface area (Å²) in [6.45, 7) is 3.48. The molecule has 0 spiro atoms. The van der Waals surface area contributed by atoms with Gasteiger partial charge in [0, 0.05) is 12.1 Å². The van der Waals surface area contributed by atoms with Crippen LogP contribution in [0.1, 0.15) is 29.8 Å². The van der Waals surface area contributed by atoms with E-state index in [-0.39, 0.29) is 18.1 Å². The number of ether oxygens (including phenoxy) is 3. The van der Waals surface area contributed by atoms with Crippen molar-refractivity contribution < 1.29 is 32.2 Å². The van der Waals surface area contributed by atoms with Crippen molar-refractivity contribution >= 4 is 27.5 Å². The first kappa shape index (κ1) is 22.6. The van der Waals surface area contributed by atoms with Crippen molar-refractivity contribution in [1.82, 2.24) is 0 Å². The Morgan fingerprint density at radius 3 is 2.39 bits per heavy atom. The highest BCUT2D eigenvalue weighted by Crippen LogP contribution is 2.31. The first-order valence-corrected chi connectivity index (χ1v) is 11.6. The molecule has 0 saturated carbocycles. The standard InChI is InChI=1S/C22H25NO7S/c1-3-28-20-7-5-6-8-21(20)29-15-22(25)30-14-19(24)17-9-10-18-16(13-17)11-12-23(18)31(26,27)4-2/h5-10,13H,3-4,11-12,14-15H2,1-2H3. The molecule has 0 aromatic heterocycles. The van der Waals surface area contributed by atoms with Crippen LogP contribution in [-0.4, -0.2) is 52.3 Å². The van der Waals surface area contributed by atoms with Gasteiger partial charge in [0.15, 0.2) is 30.5 Å². The molecule has 3 rings (SSSR count). The van der Waals surface area contributed by atoms with E-state index in [0.717, 1.165) is 5.56 Å². The van der Waals surface area contributed by atoms with Crippen molar-refractivity contribution in [2.24, 2.45) is 0 Å². The van der Waals surface area contributed by atoms with Crippen molar-refractivity contribution in [3.05, 3.63) is 53.6 Å². The van der Waals surface area contributed by atoms with Crippen molar-refractivity contribution in [3.8, 4) is 11.5 Å². The van der Waals surface area contributed by atoms with Gasteiger partial charge in [0.2, 0.25) is 10.0 Å². The topological polar surface area (TPSA) is 99.2 Å². The highest BCUT2D eigenvalue weighted by Gasteiger charge is 2.28. The van der Waals surface area contributed by atoms with Crippen LogP contribution in [0.5, 0.6) is 11.5 Å². The molecule has 0 unspecified atom stereocenters. The Kier molecular flexibility index (Phi) is 7.17. The average Bonchev–Trinajstić information content (AvgIpc) is 3.21. The average molecular weight is 448 g/mol. The van der Waals surface area contributed by atoms with E-state index < -0.39 is 22.6 Å².